The van der Waals surface area contributed by atoms with Gasteiger partial charge in [-0.1, -0.05) is 0 Å². The number of urea groups is 1. The van der Waals surface area contributed by atoms with Crippen molar-refractivity contribution in [2.75, 3.05) is 32.0 Å². The van der Waals surface area contributed by atoms with E-state index in [0.717, 1.165) is 32.2 Å². The van der Waals surface area contributed by atoms with E-state index in [4.69, 9.17) is 0 Å². The minimum absolute atomic E-state index is 0.0461. The predicted octanol–water partition coefficient (Wildman–Crippen LogP) is 2.94. The molecule has 1 saturated heterocycles. The molecule has 1 aliphatic heterocycles. The van der Waals surface area contributed by atoms with E-state index in [0.29, 0.717) is 36.5 Å². The van der Waals surface area contributed by atoms with Crippen LogP contribution in [0, 0.1) is 23.1 Å². The van der Waals surface area contributed by atoms with Crippen molar-refractivity contribution in [1.29, 1.82) is 0 Å². The van der Waals surface area contributed by atoms with E-state index in [2.05, 4.69) is 5.32 Å². The van der Waals surface area contributed by atoms with Crippen LogP contribution in [0.1, 0.15) is 25.7 Å². The van der Waals surface area contributed by atoms with Crippen molar-refractivity contribution in [3.63, 3.8) is 0 Å². The van der Waals surface area contributed by atoms with Gasteiger partial charge in [0.05, 0.1) is 5.41 Å². The van der Waals surface area contributed by atoms with Gasteiger partial charge in [0.15, 0.2) is 0 Å². The summed E-state index contributed by atoms with van der Waals surface area (Å²) >= 11 is 0. The Kier molecular flexibility index (Phi) is 3.93. The molecule has 0 aromatic heterocycles. The summed E-state index contributed by atoms with van der Waals surface area (Å²) < 4.78 is 12.9. The summed E-state index contributed by atoms with van der Waals surface area (Å²) in [5.74, 6) is 1.14. The van der Waals surface area contributed by atoms with Crippen molar-refractivity contribution in [3.8, 4) is 0 Å². The van der Waals surface area contributed by atoms with Gasteiger partial charge in [-0.15, -0.1) is 0 Å². The third-order valence-electron chi connectivity index (χ3n) is 5.98. The van der Waals surface area contributed by atoms with Crippen LogP contribution in [0.3, 0.4) is 0 Å². The van der Waals surface area contributed by atoms with Gasteiger partial charge in [0.1, 0.15) is 5.82 Å². The summed E-state index contributed by atoms with van der Waals surface area (Å²) in [7, 11) is 1.92. The molecule has 0 radical (unpaired) electrons. The van der Waals surface area contributed by atoms with Gasteiger partial charge in [-0.3, -0.25) is 4.79 Å². The maximum atomic E-state index is 12.9. The van der Waals surface area contributed by atoms with Crippen molar-refractivity contribution >= 4 is 17.6 Å². The molecular formula is C19H24FN3O2. The Morgan fingerprint density at radius 2 is 1.84 bits per heavy atom. The van der Waals surface area contributed by atoms with E-state index < -0.39 is 0 Å². The number of nitrogens with one attached hydrogen (secondary N) is 1. The van der Waals surface area contributed by atoms with Gasteiger partial charge in [0.2, 0.25) is 5.91 Å². The maximum absolute atomic E-state index is 12.9. The van der Waals surface area contributed by atoms with Gasteiger partial charge in [-0.25, -0.2) is 9.18 Å². The fraction of sp³-hybridized carbons (Fsp3) is 0.579. The second kappa shape index (κ2) is 6.00. The van der Waals surface area contributed by atoms with Crippen LogP contribution in [0.2, 0.25) is 0 Å². The van der Waals surface area contributed by atoms with Crippen LogP contribution in [0.4, 0.5) is 14.9 Å². The molecule has 0 bridgehead atoms. The molecule has 3 aliphatic rings. The number of amides is 3. The van der Waals surface area contributed by atoms with Gasteiger partial charge >= 0.3 is 6.03 Å². The average molecular weight is 345 g/mol. The smallest absolute Gasteiger partial charge is 0.321 e. The summed E-state index contributed by atoms with van der Waals surface area (Å²) in [5, 5.41) is 2.80. The highest BCUT2D eigenvalue weighted by atomic mass is 19.1. The largest absolute Gasteiger partial charge is 0.345 e. The van der Waals surface area contributed by atoms with Crippen LogP contribution >= 0.6 is 0 Å². The van der Waals surface area contributed by atoms with E-state index in [9.17, 15) is 14.0 Å². The van der Waals surface area contributed by atoms with Crippen molar-refractivity contribution in [1.82, 2.24) is 9.80 Å². The van der Waals surface area contributed by atoms with Crippen LogP contribution in [0.15, 0.2) is 24.3 Å². The zero-order valence-electron chi connectivity index (χ0n) is 14.5. The molecular weight excluding hydrogens is 321 g/mol. The minimum atomic E-state index is -0.319. The third kappa shape index (κ3) is 3.22. The van der Waals surface area contributed by atoms with Gasteiger partial charge in [0, 0.05) is 32.4 Å². The molecule has 1 N–H and O–H groups in total. The Hall–Kier alpha value is -2.11. The zero-order chi connectivity index (χ0) is 17.6. The van der Waals surface area contributed by atoms with Crippen LogP contribution in [-0.4, -0.2) is 48.4 Å². The van der Waals surface area contributed by atoms with Crippen LogP contribution < -0.4 is 5.32 Å². The fourth-order valence-electron chi connectivity index (χ4n) is 3.96. The van der Waals surface area contributed by atoms with Crippen molar-refractivity contribution in [3.05, 3.63) is 30.1 Å². The van der Waals surface area contributed by atoms with Gasteiger partial charge in [-0.05, 0) is 61.8 Å². The monoisotopic (exact) mass is 345 g/mol. The molecule has 1 aromatic rings. The first-order chi connectivity index (χ1) is 12.0. The number of anilines is 1. The van der Waals surface area contributed by atoms with Gasteiger partial charge < -0.3 is 15.1 Å². The zero-order valence-corrected chi connectivity index (χ0v) is 14.5. The van der Waals surface area contributed by atoms with Crippen molar-refractivity contribution in [2.24, 2.45) is 17.3 Å². The lowest BCUT2D eigenvalue weighted by molar-refractivity contribution is -0.134. The normalized spacial score (nSPS) is 27.4. The molecule has 4 rings (SSSR count). The second-order valence-electron chi connectivity index (χ2n) is 7.81. The number of hydrogen-bond donors (Lipinski definition) is 1. The third-order valence-corrected chi connectivity index (χ3v) is 5.98. The summed E-state index contributed by atoms with van der Waals surface area (Å²) in [6.45, 7) is 2.17. The number of rotatable bonds is 4. The molecule has 6 heteroatoms. The van der Waals surface area contributed by atoms with Crippen LogP contribution in [0.25, 0.3) is 0 Å². The molecule has 5 nitrogen and oxygen atoms in total. The Morgan fingerprint density at radius 3 is 2.40 bits per heavy atom. The summed E-state index contributed by atoms with van der Waals surface area (Å²) in [6, 6.07) is 5.63. The molecule has 2 aliphatic carbocycles. The van der Waals surface area contributed by atoms with Crippen LogP contribution in [0.5, 0.6) is 0 Å². The van der Waals surface area contributed by atoms with Gasteiger partial charge in [0.25, 0.3) is 0 Å². The molecule has 0 spiro atoms. The topological polar surface area (TPSA) is 52.6 Å². The Labute approximate surface area is 147 Å². The standard InChI is InChI=1S/C19H24FN3O2/c1-22(17(24)19-10-14(19)11-19)12-13-6-8-23(9-7-13)18(25)21-16-4-2-15(20)3-5-16/h2-5,13-14H,6-12H2,1H3,(H,21,25). The van der Waals surface area contributed by atoms with Crippen molar-refractivity contribution in [2.45, 2.75) is 25.7 Å². The number of benzene rings is 1. The molecule has 3 fully saturated rings. The van der Waals surface area contributed by atoms with E-state index in [1.807, 2.05) is 11.9 Å². The lowest BCUT2D eigenvalue weighted by Crippen LogP contribution is -2.44. The fourth-order valence-corrected chi connectivity index (χ4v) is 3.96. The number of fused-ring (bicyclic) bond motifs is 1. The maximum Gasteiger partial charge on any atom is 0.321 e. The lowest BCUT2D eigenvalue weighted by Gasteiger charge is -2.34. The average Bonchev–Trinajstić information content (AvgIpc) is 3.47. The Bertz CT molecular complexity index is 676. The molecule has 1 aromatic carbocycles. The molecule has 0 atom stereocenters. The lowest BCUT2D eigenvalue weighted by atomic mass is 9.96. The SMILES string of the molecule is CN(CC1CCN(C(=O)Nc2ccc(F)cc2)CC1)C(=O)C12CC1C2. The number of carbonyl (C=O) groups excluding carboxylic acids is 2. The Balaban J connectivity index is 1.23. The van der Waals surface area contributed by atoms with E-state index in [-0.39, 0.29) is 17.3 Å². The molecule has 2 saturated carbocycles. The number of piperidine rings is 1. The molecule has 3 amide bonds. The predicted molar refractivity (Wildman–Crippen MR) is 92.5 cm³/mol. The number of likely N-dealkylation sites (tertiary alicyclic amines) is 1. The number of nitrogens with zero attached hydrogens (tertiary/aromatic N) is 2. The summed E-state index contributed by atoms with van der Waals surface area (Å²) in [4.78, 5) is 28.4. The molecule has 0 unspecified atom stereocenters. The summed E-state index contributed by atoms with van der Waals surface area (Å²) in [6.07, 6.45) is 4.01. The first-order valence-corrected chi connectivity index (χ1v) is 9.05. The number of carbonyl (C=O) groups is 2. The number of hydrogen-bond acceptors (Lipinski definition) is 2. The first kappa shape index (κ1) is 16.4. The highest BCUT2D eigenvalue weighted by Gasteiger charge is 2.75. The Morgan fingerprint density at radius 1 is 1.24 bits per heavy atom. The summed E-state index contributed by atoms with van der Waals surface area (Å²) in [5.41, 5.74) is 0.645. The van der Waals surface area contributed by atoms with Gasteiger partial charge in [-0.2, -0.15) is 0 Å². The second-order valence-corrected chi connectivity index (χ2v) is 7.81. The highest BCUT2D eigenvalue weighted by Crippen LogP contribution is 2.75. The minimum Gasteiger partial charge on any atom is -0.345 e. The van der Waals surface area contributed by atoms with E-state index in [1.165, 1.54) is 12.1 Å². The van der Waals surface area contributed by atoms with E-state index in [1.54, 1.807) is 17.0 Å². The van der Waals surface area contributed by atoms with E-state index >= 15 is 0 Å². The first-order valence-electron chi connectivity index (χ1n) is 9.05. The number of halogens is 1. The van der Waals surface area contributed by atoms with Crippen LogP contribution in [-0.2, 0) is 4.79 Å². The van der Waals surface area contributed by atoms with Crippen molar-refractivity contribution < 1.29 is 14.0 Å². The molecule has 25 heavy (non-hydrogen) atoms. The molecule has 1 heterocycles. The highest BCUT2D eigenvalue weighted by molar-refractivity contribution is 5.90. The molecule has 134 valence electrons. The quantitative estimate of drug-likeness (QED) is 0.912.